The van der Waals surface area contributed by atoms with Crippen molar-refractivity contribution in [1.82, 2.24) is 9.78 Å². The Morgan fingerprint density at radius 2 is 1.78 bits per heavy atom. The fourth-order valence-corrected chi connectivity index (χ4v) is 2.78. The molecule has 0 aliphatic heterocycles. The van der Waals surface area contributed by atoms with E-state index in [1.807, 2.05) is 42.1 Å². The van der Waals surface area contributed by atoms with Gasteiger partial charge < -0.3 is 5.32 Å². The zero-order chi connectivity index (χ0) is 16.2. The molecular weight excluding hydrogens is 304 g/mol. The Morgan fingerprint density at radius 1 is 1.09 bits per heavy atom. The van der Waals surface area contributed by atoms with E-state index in [-0.39, 0.29) is 0 Å². The van der Waals surface area contributed by atoms with Gasteiger partial charge in [0.05, 0.1) is 11.4 Å². The lowest BCUT2D eigenvalue weighted by Crippen LogP contribution is -1.99. The molecule has 0 aliphatic carbocycles. The number of rotatable bonds is 4. The lowest BCUT2D eigenvalue weighted by molar-refractivity contribution is 0.880. The molecule has 2 aromatic carbocycles. The molecule has 0 fully saturated rings. The van der Waals surface area contributed by atoms with Crippen LogP contribution in [0.15, 0.2) is 59.5 Å². The quantitative estimate of drug-likeness (QED) is 0.733. The molecule has 1 aromatic heterocycles. The fraction of sp³-hybridized carbons (Fsp3) is 0.111. The predicted octanol–water partition coefficient (Wildman–Crippen LogP) is 4.17. The Balaban J connectivity index is 2.08. The second-order valence-electron chi connectivity index (χ2n) is 4.96. The molecule has 0 aliphatic rings. The van der Waals surface area contributed by atoms with E-state index < -0.39 is 0 Å². The minimum atomic E-state index is 0.409. The number of nitrogens with zero attached hydrogens (tertiary/aromatic N) is 3. The standard InChI is InChI=1S/C18H16N4S/c1-20-14-5-7-16(8-6-14)22-18(11-15(12-19)21-22)13-3-9-17(23-2)10-4-13/h3-11,20H,1-2H3. The molecule has 114 valence electrons. The molecule has 0 saturated carbocycles. The number of hydrogen-bond acceptors (Lipinski definition) is 4. The molecule has 3 rings (SSSR count). The SMILES string of the molecule is CNc1ccc(-n2nc(C#N)cc2-c2ccc(SC)cc2)cc1. The number of hydrogen-bond donors (Lipinski definition) is 1. The lowest BCUT2D eigenvalue weighted by Gasteiger charge is -2.09. The fourth-order valence-electron chi connectivity index (χ4n) is 2.37. The number of nitrogens with one attached hydrogen (secondary N) is 1. The van der Waals surface area contributed by atoms with Crippen LogP contribution in [0.3, 0.4) is 0 Å². The Labute approximate surface area is 139 Å². The van der Waals surface area contributed by atoms with E-state index in [9.17, 15) is 5.26 Å². The summed E-state index contributed by atoms with van der Waals surface area (Å²) in [7, 11) is 1.88. The van der Waals surface area contributed by atoms with Gasteiger partial charge in [-0.3, -0.25) is 0 Å². The Bertz CT molecular complexity index is 777. The van der Waals surface area contributed by atoms with Crippen molar-refractivity contribution in [2.45, 2.75) is 4.90 Å². The molecule has 1 heterocycles. The zero-order valence-electron chi connectivity index (χ0n) is 12.9. The Hall–Kier alpha value is -2.71. The van der Waals surface area contributed by atoms with E-state index in [0.717, 1.165) is 22.6 Å². The molecule has 0 saturated heterocycles. The first kappa shape index (κ1) is 15.2. The third-order valence-corrected chi connectivity index (χ3v) is 4.35. The van der Waals surface area contributed by atoms with Crippen molar-refractivity contribution in [1.29, 1.82) is 5.26 Å². The molecule has 23 heavy (non-hydrogen) atoms. The third kappa shape index (κ3) is 3.08. The van der Waals surface area contributed by atoms with E-state index >= 15 is 0 Å². The maximum Gasteiger partial charge on any atom is 0.163 e. The Kier molecular flexibility index (Phi) is 4.35. The minimum Gasteiger partial charge on any atom is -0.388 e. The average Bonchev–Trinajstić information content (AvgIpc) is 3.06. The normalized spacial score (nSPS) is 10.3. The van der Waals surface area contributed by atoms with E-state index in [1.54, 1.807) is 11.8 Å². The highest BCUT2D eigenvalue weighted by molar-refractivity contribution is 7.98. The molecule has 0 unspecified atom stereocenters. The van der Waals surface area contributed by atoms with Crippen LogP contribution in [0.5, 0.6) is 0 Å². The summed E-state index contributed by atoms with van der Waals surface area (Å²) in [6.07, 6.45) is 2.05. The maximum absolute atomic E-state index is 9.19. The van der Waals surface area contributed by atoms with Gasteiger partial charge in [-0.2, -0.15) is 10.4 Å². The van der Waals surface area contributed by atoms with Crippen LogP contribution in [0.1, 0.15) is 5.69 Å². The van der Waals surface area contributed by atoms with Gasteiger partial charge in [0.2, 0.25) is 0 Å². The summed E-state index contributed by atoms with van der Waals surface area (Å²) >= 11 is 1.71. The van der Waals surface area contributed by atoms with Gasteiger partial charge in [0.1, 0.15) is 6.07 Å². The third-order valence-electron chi connectivity index (χ3n) is 3.61. The highest BCUT2D eigenvalue weighted by atomic mass is 32.2. The van der Waals surface area contributed by atoms with Crippen molar-refractivity contribution in [3.8, 4) is 23.0 Å². The predicted molar refractivity (Wildman–Crippen MR) is 95.0 cm³/mol. The number of anilines is 1. The summed E-state index contributed by atoms with van der Waals surface area (Å²) in [5.74, 6) is 0. The monoisotopic (exact) mass is 320 g/mol. The molecular formula is C18H16N4S. The molecule has 0 spiro atoms. The van der Waals surface area contributed by atoms with Gasteiger partial charge in [0.15, 0.2) is 5.69 Å². The van der Waals surface area contributed by atoms with Crippen molar-refractivity contribution in [2.75, 3.05) is 18.6 Å². The van der Waals surface area contributed by atoms with Crippen molar-refractivity contribution in [3.05, 3.63) is 60.3 Å². The molecule has 3 aromatic rings. The highest BCUT2D eigenvalue weighted by Crippen LogP contribution is 2.26. The molecule has 4 nitrogen and oxygen atoms in total. The first-order valence-electron chi connectivity index (χ1n) is 7.18. The summed E-state index contributed by atoms with van der Waals surface area (Å²) in [5, 5.41) is 16.7. The molecule has 1 N–H and O–H groups in total. The summed E-state index contributed by atoms with van der Waals surface area (Å²) in [6.45, 7) is 0. The first-order chi connectivity index (χ1) is 11.2. The van der Waals surface area contributed by atoms with Crippen molar-refractivity contribution in [2.24, 2.45) is 0 Å². The van der Waals surface area contributed by atoms with Gasteiger partial charge >= 0.3 is 0 Å². The maximum atomic E-state index is 9.19. The van der Waals surface area contributed by atoms with Gasteiger partial charge in [0, 0.05) is 29.3 Å². The molecule has 0 bridgehead atoms. The summed E-state index contributed by atoms with van der Waals surface area (Å²) < 4.78 is 1.81. The van der Waals surface area contributed by atoms with Crippen molar-refractivity contribution < 1.29 is 0 Å². The highest BCUT2D eigenvalue weighted by Gasteiger charge is 2.11. The van der Waals surface area contributed by atoms with Crippen LogP contribution in [0.4, 0.5) is 5.69 Å². The second kappa shape index (κ2) is 6.59. The molecule has 0 atom stereocenters. The number of benzene rings is 2. The number of nitriles is 1. The smallest absolute Gasteiger partial charge is 0.163 e. The topological polar surface area (TPSA) is 53.6 Å². The van der Waals surface area contributed by atoms with Crippen LogP contribution < -0.4 is 5.32 Å². The van der Waals surface area contributed by atoms with Gasteiger partial charge in [-0.15, -0.1) is 11.8 Å². The van der Waals surface area contributed by atoms with Crippen molar-refractivity contribution >= 4 is 17.4 Å². The summed E-state index contributed by atoms with van der Waals surface area (Å²) in [6, 6.07) is 20.2. The second-order valence-corrected chi connectivity index (χ2v) is 5.84. The van der Waals surface area contributed by atoms with E-state index in [4.69, 9.17) is 0 Å². The van der Waals surface area contributed by atoms with Gasteiger partial charge in [-0.25, -0.2) is 4.68 Å². The van der Waals surface area contributed by atoms with Crippen LogP contribution in [0.25, 0.3) is 16.9 Å². The van der Waals surface area contributed by atoms with Crippen LogP contribution >= 0.6 is 11.8 Å². The van der Waals surface area contributed by atoms with Crippen LogP contribution in [0.2, 0.25) is 0 Å². The van der Waals surface area contributed by atoms with E-state index in [0.29, 0.717) is 5.69 Å². The summed E-state index contributed by atoms with van der Waals surface area (Å²) in [5.41, 5.74) is 4.31. The largest absolute Gasteiger partial charge is 0.388 e. The van der Waals surface area contributed by atoms with Gasteiger partial charge in [-0.05, 0) is 42.7 Å². The van der Waals surface area contributed by atoms with Crippen LogP contribution in [-0.4, -0.2) is 23.1 Å². The van der Waals surface area contributed by atoms with E-state index in [1.165, 1.54) is 4.90 Å². The van der Waals surface area contributed by atoms with Gasteiger partial charge in [-0.1, -0.05) is 12.1 Å². The van der Waals surface area contributed by atoms with E-state index in [2.05, 4.69) is 47.0 Å². The lowest BCUT2D eigenvalue weighted by atomic mass is 10.1. The molecule has 0 amide bonds. The summed E-state index contributed by atoms with van der Waals surface area (Å²) in [4.78, 5) is 1.21. The average molecular weight is 320 g/mol. The number of aromatic nitrogens is 2. The number of thioether (sulfide) groups is 1. The molecule has 0 radical (unpaired) electrons. The Morgan fingerprint density at radius 3 is 2.35 bits per heavy atom. The van der Waals surface area contributed by atoms with Gasteiger partial charge in [0.25, 0.3) is 0 Å². The van der Waals surface area contributed by atoms with Crippen LogP contribution in [0, 0.1) is 11.3 Å². The van der Waals surface area contributed by atoms with Crippen LogP contribution in [-0.2, 0) is 0 Å². The minimum absolute atomic E-state index is 0.409. The molecule has 5 heteroatoms. The first-order valence-corrected chi connectivity index (χ1v) is 8.40. The van der Waals surface area contributed by atoms with Crippen molar-refractivity contribution in [3.63, 3.8) is 0 Å². The zero-order valence-corrected chi connectivity index (χ0v) is 13.8.